The Kier molecular flexibility index (Phi) is 8.17. The molecule has 12 nitrogen and oxygen atoms in total. The van der Waals surface area contributed by atoms with Gasteiger partial charge in [0.25, 0.3) is 5.91 Å². The number of likely N-dealkylation sites (tertiary alicyclic amines) is 1. The fourth-order valence-corrected chi connectivity index (χ4v) is 4.11. The average Bonchev–Trinajstić information content (AvgIpc) is 3.57. The number of rotatable bonds is 10. The highest BCUT2D eigenvalue weighted by molar-refractivity contribution is 5.94. The van der Waals surface area contributed by atoms with Crippen molar-refractivity contribution in [1.82, 2.24) is 15.2 Å². The number of oxazole rings is 1. The summed E-state index contributed by atoms with van der Waals surface area (Å²) in [5.41, 5.74) is 10.6. The number of halogens is 2. The molecule has 4 amide bonds. The van der Waals surface area contributed by atoms with Gasteiger partial charge in [0.1, 0.15) is 0 Å². The van der Waals surface area contributed by atoms with Crippen LogP contribution in [-0.4, -0.2) is 60.3 Å². The number of urea groups is 1. The molecule has 2 atom stereocenters. The molecule has 2 fully saturated rings. The number of carbonyl (C=O) groups is 3. The average molecular weight is 538 g/mol. The third-order valence-electron chi connectivity index (χ3n) is 6.18. The summed E-state index contributed by atoms with van der Waals surface area (Å²) in [4.78, 5) is 41.8. The van der Waals surface area contributed by atoms with Crippen molar-refractivity contribution >= 4 is 18.0 Å². The van der Waals surface area contributed by atoms with E-state index in [-0.39, 0.29) is 35.4 Å². The van der Waals surface area contributed by atoms with Gasteiger partial charge in [0, 0.05) is 24.7 Å². The van der Waals surface area contributed by atoms with Crippen molar-refractivity contribution in [1.29, 1.82) is 0 Å². The summed E-state index contributed by atoms with van der Waals surface area (Å²) < 4.78 is 46.9. The number of amides is 4. The van der Waals surface area contributed by atoms with E-state index in [1.807, 2.05) is 0 Å². The maximum atomic E-state index is 13.2. The van der Waals surface area contributed by atoms with Gasteiger partial charge < -0.3 is 40.3 Å². The van der Waals surface area contributed by atoms with Crippen molar-refractivity contribution < 1.29 is 41.8 Å². The molecule has 38 heavy (non-hydrogen) atoms. The summed E-state index contributed by atoms with van der Waals surface area (Å²) in [6.07, 6.45) is 1.06. The number of benzene rings is 1. The van der Waals surface area contributed by atoms with E-state index in [1.54, 1.807) is 0 Å². The normalized spacial score (nSPS) is 18.1. The molecule has 206 valence electrons. The van der Waals surface area contributed by atoms with E-state index in [0.717, 1.165) is 12.8 Å². The Morgan fingerprint density at radius 1 is 1.21 bits per heavy atom. The number of primary amides is 2. The Hall–Kier alpha value is -4.10. The van der Waals surface area contributed by atoms with Crippen LogP contribution in [-0.2, 0) is 4.74 Å². The first-order chi connectivity index (χ1) is 18.1. The first kappa shape index (κ1) is 26.9. The standard InChI is InChI=1S/C24H29F2N5O7/c1-12(36-24(28)34)19-18(20(32)29-15-3-2-8-31(10-15)23(27)33)30-21(38-19)14-6-7-16(37-22(25)26)17(9-14)35-11-13-4-5-13/h6-7,9,12-13,15,22H,2-5,8,10-11H2,1H3,(H2,27,33)(H2,28,34)(H,29,32). The fraction of sp³-hybridized carbons (Fsp3) is 0.500. The van der Waals surface area contributed by atoms with Crippen LogP contribution in [0.2, 0.25) is 0 Å². The van der Waals surface area contributed by atoms with E-state index < -0.39 is 36.8 Å². The van der Waals surface area contributed by atoms with Crippen LogP contribution >= 0.6 is 0 Å². The molecule has 2 unspecified atom stereocenters. The first-order valence-corrected chi connectivity index (χ1v) is 12.1. The minimum atomic E-state index is -3.05. The van der Waals surface area contributed by atoms with Crippen molar-refractivity contribution in [3.8, 4) is 23.0 Å². The molecule has 5 N–H and O–H groups in total. The molecule has 0 bridgehead atoms. The van der Waals surface area contributed by atoms with Crippen LogP contribution in [0.3, 0.4) is 0 Å². The lowest BCUT2D eigenvalue weighted by Crippen LogP contribution is -2.51. The predicted molar refractivity (Wildman–Crippen MR) is 128 cm³/mol. The van der Waals surface area contributed by atoms with Gasteiger partial charge in [0.2, 0.25) is 5.89 Å². The minimum Gasteiger partial charge on any atom is -0.489 e. The van der Waals surface area contributed by atoms with Gasteiger partial charge in [-0.1, -0.05) is 0 Å². The lowest BCUT2D eigenvalue weighted by molar-refractivity contribution is -0.0515. The molecule has 1 saturated carbocycles. The number of nitrogens with zero attached hydrogens (tertiary/aromatic N) is 2. The monoisotopic (exact) mass is 537 g/mol. The van der Waals surface area contributed by atoms with Gasteiger partial charge in [-0.2, -0.15) is 8.78 Å². The van der Waals surface area contributed by atoms with Crippen molar-refractivity contribution in [2.24, 2.45) is 17.4 Å². The zero-order chi connectivity index (χ0) is 27.4. The van der Waals surface area contributed by atoms with Crippen LogP contribution in [0.4, 0.5) is 18.4 Å². The van der Waals surface area contributed by atoms with Crippen LogP contribution in [0.15, 0.2) is 22.6 Å². The topological polar surface area (TPSA) is 172 Å². The van der Waals surface area contributed by atoms with Gasteiger partial charge in [-0.3, -0.25) is 4.79 Å². The number of aromatic nitrogens is 1. The second kappa shape index (κ2) is 11.5. The summed E-state index contributed by atoms with van der Waals surface area (Å²) in [7, 11) is 0. The number of carbonyl (C=O) groups excluding carboxylic acids is 3. The Bertz CT molecular complexity index is 1190. The fourth-order valence-electron chi connectivity index (χ4n) is 4.11. The predicted octanol–water partition coefficient (Wildman–Crippen LogP) is 3.16. The molecule has 0 radical (unpaired) electrons. The zero-order valence-corrected chi connectivity index (χ0v) is 20.7. The lowest BCUT2D eigenvalue weighted by Gasteiger charge is -2.31. The number of piperidine rings is 1. The Morgan fingerprint density at radius 2 is 1.97 bits per heavy atom. The van der Waals surface area contributed by atoms with Crippen molar-refractivity contribution in [3.63, 3.8) is 0 Å². The van der Waals surface area contributed by atoms with Gasteiger partial charge in [-0.05, 0) is 56.7 Å². The van der Waals surface area contributed by atoms with Crippen LogP contribution in [0.1, 0.15) is 55.0 Å². The van der Waals surface area contributed by atoms with E-state index in [4.69, 9.17) is 25.4 Å². The van der Waals surface area contributed by atoms with Gasteiger partial charge in [0.15, 0.2) is 29.1 Å². The van der Waals surface area contributed by atoms with Gasteiger partial charge in [0.05, 0.1) is 6.61 Å². The number of nitrogens with two attached hydrogens (primary N) is 2. The summed E-state index contributed by atoms with van der Waals surface area (Å²) in [5, 5.41) is 2.80. The Labute approximate surface area is 216 Å². The molecule has 1 aromatic heterocycles. The molecule has 14 heteroatoms. The summed E-state index contributed by atoms with van der Waals surface area (Å²) >= 11 is 0. The molecule has 0 spiro atoms. The molecule has 2 heterocycles. The number of ether oxygens (including phenoxy) is 3. The van der Waals surface area contributed by atoms with E-state index in [9.17, 15) is 23.2 Å². The Morgan fingerprint density at radius 3 is 2.63 bits per heavy atom. The highest BCUT2D eigenvalue weighted by Gasteiger charge is 2.31. The van der Waals surface area contributed by atoms with Crippen LogP contribution in [0, 0.1) is 5.92 Å². The maximum Gasteiger partial charge on any atom is 0.405 e. The SMILES string of the molecule is CC(OC(N)=O)c1oc(-c2ccc(OC(F)F)c(OCC3CC3)c2)nc1C(=O)NC1CCCN(C(N)=O)C1. The van der Waals surface area contributed by atoms with Crippen LogP contribution in [0.25, 0.3) is 11.5 Å². The smallest absolute Gasteiger partial charge is 0.405 e. The zero-order valence-electron chi connectivity index (χ0n) is 20.7. The van der Waals surface area contributed by atoms with Crippen molar-refractivity contribution in [2.75, 3.05) is 19.7 Å². The first-order valence-electron chi connectivity index (χ1n) is 12.1. The van der Waals surface area contributed by atoms with Gasteiger partial charge in [-0.25, -0.2) is 14.6 Å². The second-order valence-corrected chi connectivity index (χ2v) is 9.20. The molecule has 4 rings (SSSR count). The van der Waals surface area contributed by atoms with E-state index in [0.29, 0.717) is 37.5 Å². The Balaban J connectivity index is 1.62. The van der Waals surface area contributed by atoms with E-state index in [1.165, 1.54) is 30.0 Å². The highest BCUT2D eigenvalue weighted by atomic mass is 19.3. The number of hydrogen-bond acceptors (Lipinski definition) is 8. The number of hydrogen-bond donors (Lipinski definition) is 3. The number of alkyl halides is 2. The highest BCUT2D eigenvalue weighted by Crippen LogP contribution is 2.37. The van der Waals surface area contributed by atoms with Crippen LogP contribution < -0.4 is 26.3 Å². The molecule has 1 aromatic carbocycles. The summed E-state index contributed by atoms with van der Waals surface area (Å²) in [5.74, 6) is -0.501. The lowest BCUT2D eigenvalue weighted by atomic mass is 10.1. The molecular weight excluding hydrogens is 508 g/mol. The third-order valence-corrected chi connectivity index (χ3v) is 6.18. The maximum absolute atomic E-state index is 13.2. The van der Waals surface area contributed by atoms with E-state index >= 15 is 0 Å². The number of nitrogens with one attached hydrogen (secondary N) is 1. The molecule has 1 aliphatic carbocycles. The summed E-state index contributed by atoms with van der Waals surface area (Å²) in [6.45, 7) is -0.557. The molecule has 2 aromatic rings. The molecule has 2 aliphatic rings. The minimum absolute atomic E-state index is 0.0488. The second-order valence-electron chi connectivity index (χ2n) is 9.20. The van der Waals surface area contributed by atoms with Gasteiger partial charge in [-0.15, -0.1) is 0 Å². The molecule has 1 aliphatic heterocycles. The van der Waals surface area contributed by atoms with Crippen molar-refractivity contribution in [2.45, 2.75) is 51.4 Å². The molecular formula is C24H29F2N5O7. The largest absolute Gasteiger partial charge is 0.489 e. The third kappa shape index (κ3) is 6.81. The van der Waals surface area contributed by atoms with Crippen molar-refractivity contribution in [3.05, 3.63) is 29.7 Å². The van der Waals surface area contributed by atoms with Gasteiger partial charge >= 0.3 is 18.7 Å². The van der Waals surface area contributed by atoms with E-state index in [2.05, 4.69) is 15.0 Å². The molecule has 1 saturated heterocycles. The quantitative estimate of drug-likeness (QED) is 0.415. The van der Waals surface area contributed by atoms with Crippen LogP contribution in [0.5, 0.6) is 11.5 Å². The summed E-state index contributed by atoms with van der Waals surface area (Å²) in [6, 6.07) is 3.15.